The van der Waals surface area contributed by atoms with Crippen LogP contribution >= 0.6 is 0 Å². The molecule has 0 spiro atoms. The summed E-state index contributed by atoms with van der Waals surface area (Å²) in [5.74, 6) is 0.452. The van der Waals surface area contributed by atoms with Gasteiger partial charge in [0.15, 0.2) is 0 Å². The first-order valence-corrected chi connectivity index (χ1v) is 11.4. The summed E-state index contributed by atoms with van der Waals surface area (Å²) in [6.45, 7) is 4.78. The Kier molecular flexibility index (Phi) is 5.78. The maximum atomic E-state index is 11.2. The maximum Gasteiger partial charge on any atom is 0.407 e. The smallest absolute Gasteiger partial charge is 0.407 e. The van der Waals surface area contributed by atoms with Gasteiger partial charge in [0, 0.05) is 30.9 Å². The number of nitrogens with zero attached hydrogens (tertiary/aromatic N) is 8. The molecule has 178 valence electrons. The quantitative estimate of drug-likeness (QED) is 0.465. The lowest BCUT2D eigenvalue weighted by Gasteiger charge is -2.30. The second-order valence-electron chi connectivity index (χ2n) is 8.51. The fourth-order valence-corrected chi connectivity index (χ4v) is 4.49. The summed E-state index contributed by atoms with van der Waals surface area (Å²) in [6, 6.07) is 11.6. The van der Waals surface area contributed by atoms with E-state index in [-0.39, 0.29) is 12.1 Å². The molecule has 1 aliphatic rings. The molecule has 11 nitrogen and oxygen atoms in total. The lowest BCUT2D eigenvalue weighted by Crippen LogP contribution is -2.38. The topological polar surface area (TPSA) is 134 Å². The Labute approximate surface area is 201 Å². The van der Waals surface area contributed by atoms with Crippen LogP contribution in [0.15, 0.2) is 42.7 Å². The van der Waals surface area contributed by atoms with Gasteiger partial charge in [-0.3, -0.25) is 9.38 Å². The minimum Gasteiger partial charge on any atom is -0.469 e. The third kappa shape index (κ3) is 4.14. The number of pyridine rings is 2. The molecule has 5 heterocycles. The van der Waals surface area contributed by atoms with Crippen LogP contribution in [-0.4, -0.2) is 58.6 Å². The highest BCUT2D eigenvalue weighted by Gasteiger charge is 2.27. The number of likely N-dealkylation sites (tertiary alicyclic amines) is 1. The molecule has 1 atom stereocenters. The van der Waals surface area contributed by atoms with Gasteiger partial charge in [-0.05, 0) is 44.9 Å². The van der Waals surface area contributed by atoms with Gasteiger partial charge in [0.05, 0.1) is 23.6 Å². The molecular formula is C24H24N8O3. The van der Waals surface area contributed by atoms with Gasteiger partial charge < -0.3 is 14.7 Å². The Morgan fingerprint density at radius 3 is 2.74 bits per heavy atom. The number of aromatic nitrogens is 6. The molecule has 11 heteroatoms. The minimum absolute atomic E-state index is 0.0760. The Morgan fingerprint density at radius 2 is 2.06 bits per heavy atom. The number of nitriles is 1. The van der Waals surface area contributed by atoms with E-state index in [1.165, 1.54) is 11.1 Å². The number of amides is 1. The average Bonchev–Trinajstić information content (AvgIpc) is 3.47. The van der Waals surface area contributed by atoms with E-state index >= 15 is 0 Å². The van der Waals surface area contributed by atoms with Crippen LogP contribution in [0.5, 0.6) is 5.88 Å². The summed E-state index contributed by atoms with van der Waals surface area (Å²) < 4.78 is 9.82. The highest BCUT2D eigenvalue weighted by Crippen LogP contribution is 2.32. The molecule has 1 aliphatic heterocycles. The van der Waals surface area contributed by atoms with Crippen molar-refractivity contribution >= 4 is 11.7 Å². The SMILES string of the molecule is Cc1c(-c2cc(O[C@H](C)c3ccccn3)n3c(C#N)cnc3c2)nnn1C1CCN(C(=O)O)CC1. The van der Waals surface area contributed by atoms with Crippen molar-refractivity contribution < 1.29 is 14.6 Å². The second kappa shape index (κ2) is 9.06. The van der Waals surface area contributed by atoms with Gasteiger partial charge in [0.2, 0.25) is 5.88 Å². The van der Waals surface area contributed by atoms with Crippen molar-refractivity contribution in [2.24, 2.45) is 0 Å². The molecule has 1 fully saturated rings. The summed E-state index contributed by atoms with van der Waals surface area (Å²) in [4.78, 5) is 21.4. The van der Waals surface area contributed by atoms with E-state index in [0.29, 0.717) is 48.8 Å². The van der Waals surface area contributed by atoms with E-state index in [1.54, 1.807) is 10.6 Å². The van der Waals surface area contributed by atoms with Crippen LogP contribution in [0.1, 0.15) is 49.0 Å². The normalized spacial score (nSPS) is 15.2. The predicted molar refractivity (Wildman–Crippen MR) is 125 cm³/mol. The molecule has 0 radical (unpaired) electrons. The zero-order chi connectivity index (χ0) is 24.5. The number of hydrogen-bond donors (Lipinski definition) is 1. The second-order valence-corrected chi connectivity index (χ2v) is 8.51. The van der Waals surface area contributed by atoms with Crippen molar-refractivity contribution in [2.45, 2.75) is 38.8 Å². The van der Waals surface area contributed by atoms with Crippen LogP contribution in [0, 0.1) is 18.3 Å². The van der Waals surface area contributed by atoms with Crippen LogP contribution in [-0.2, 0) is 0 Å². The highest BCUT2D eigenvalue weighted by atomic mass is 16.5. The molecule has 0 bridgehead atoms. The molecule has 0 unspecified atom stereocenters. The molecule has 1 N–H and O–H groups in total. The van der Waals surface area contributed by atoms with Crippen molar-refractivity contribution in [1.29, 1.82) is 5.26 Å². The molecule has 0 aromatic carbocycles. The Morgan fingerprint density at radius 1 is 1.26 bits per heavy atom. The average molecular weight is 473 g/mol. The van der Waals surface area contributed by atoms with E-state index < -0.39 is 6.09 Å². The van der Waals surface area contributed by atoms with E-state index in [0.717, 1.165) is 17.0 Å². The molecule has 4 aromatic heterocycles. The maximum absolute atomic E-state index is 11.2. The number of fused-ring (bicyclic) bond motifs is 1. The van der Waals surface area contributed by atoms with E-state index in [4.69, 9.17) is 4.74 Å². The standard InChI is InChI=1S/C24H24N8O3/c1-15-23(28-29-32(15)18-6-9-30(10-7-18)24(33)34)17-11-21-27-14-19(13-25)31(21)22(12-17)35-16(2)20-5-3-4-8-26-20/h3-5,8,11-12,14,16,18H,6-7,9-10H2,1-2H3,(H,33,34)/t16-/m1/s1. The van der Waals surface area contributed by atoms with Crippen molar-refractivity contribution in [2.75, 3.05) is 13.1 Å². The Hall–Kier alpha value is -4.46. The van der Waals surface area contributed by atoms with Crippen LogP contribution in [0.25, 0.3) is 16.9 Å². The van der Waals surface area contributed by atoms with Gasteiger partial charge >= 0.3 is 6.09 Å². The third-order valence-corrected chi connectivity index (χ3v) is 6.37. The molecule has 35 heavy (non-hydrogen) atoms. The van der Waals surface area contributed by atoms with Crippen LogP contribution in [0.2, 0.25) is 0 Å². The van der Waals surface area contributed by atoms with E-state index in [2.05, 4.69) is 26.3 Å². The van der Waals surface area contributed by atoms with Gasteiger partial charge in [-0.2, -0.15) is 5.26 Å². The van der Waals surface area contributed by atoms with Crippen molar-refractivity contribution in [3.05, 3.63) is 59.8 Å². The van der Waals surface area contributed by atoms with Gasteiger partial charge in [-0.25, -0.2) is 14.5 Å². The fraction of sp³-hybridized carbons (Fsp3) is 0.333. The predicted octanol–water partition coefficient (Wildman–Crippen LogP) is 3.62. The summed E-state index contributed by atoms with van der Waals surface area (Å²) in [5.41, 5.74) is 4.01. The molecular weight excluding hydrogens is 448 g/mol. The number of hydrogen-bond acceptors (Lipinski definition) is 7. The number of carbonyl (C=O) groups is 1. The number of carboxylic acid groups (broad SMARTS) is 1. The van der Waals surface area contributed by atoms with Crippen molar-refractivity contribution in [1.82, 2.24) is 34.3 Å². The fourth-order valence-electron chi connectivity index (χ4n) is 4.49. The third-order valence-electron chi connectivity index (χ3n) is 6.37. The Bertz CT molecular complexity index is 1410. The number of rotatable bonds is 5. The number of imidazole rings is 1. The number of ether oxygens (including phenoxy) is 1. The minimum atomic E-state index is -0.892. The molecule has 1 amide bonds. The zero-order valence-electron chi connectivity index (χ0n) is 19.4. The van der Waals surface area contributed by atoms with Crippen LogP contribution in [0.3, 0.4) is 0 Å². The van der Waals surface area contributed by atoms with Gasteiger partial charge in [0.1, 0.15) is 29.2 Å². The Balaban J connectivity index is 1.50. The highest BCUT2D eigenvalue weighted by molar-refractivity contribution is 5.68. The number of piperidine rings is 1. The van der Waals surface area contributed by atoms with E-state index in [9.17, 15) is 15.2 Å². The summed E-state index contributed by atoms with van der Waals surface area (Å²) in [5, 5.41) is 27.6. The zero-order valence-corrected chi connectivity index (χ0v) is 19.4. The molecule has 0 saturated carbocycles. The van der Waals surface area contributed by atoms with Gasteiger partial charge in [-0.1, -0.05) is 11.3 Å². The summed E-state index contributed by atoms with van der Waals surface area (Å²) >= 11 is 0. The summed E-state index contributed by atoms with van der Waals surface area (Å²) in [6.07, 6.45) is 3.32. The lowest BCUT2D eigenvalue weighted by atomic mass is 10.0. The molecule has 5 rings (SSSR count). The van der Waals surface area contributed by atoms with Crippen LogP contribution in [0.4, 0.5) is 4.79 Å². The van der Waals surface area contributed by atoms with Crippen molar-refractivity contribution in [3.8, 4) is 23.2 Å². The first-order chi connectivity index (χ1) is 17.0. The lowest BCUT2D eigenvalue weighted by molar-refractivity contribution is 0.123. The largest absolute Gasteiger partial charge is 0.469 e. The van der Waals surface area contributed by atoms with Gasteiger partial charge in [-0.15, -0.1) is 5.10 Å². The first kappa shape index (κ1) is 22.3. The van der Waals surface area contributed by atoms with Gasteiger partial charge in [0.25, 0.3) is 0 Å². The molecule has 0 aliphatic carbocycles. The monoisotopic (exact) mass is 472 g/mol. The van der Waals surface area contributed by atoms with Crippen LogP contribution < -0.4 is 4.74 Å². The van der Waals surface area contributed by atoms with Crippen molar-refractivity contribution in [3.63, 3.8) is 0 Å². The van der Waals surface area contributed by atoms with E-state index in [1.807, 2.05) is 48.9 Å². The summed E-state index contributed by atoms with van der Waals surface area (Å²) in [7, 11) is 0. The molecule has 1 saturated heterocycles. The molecule has 4 aromatic rings. The first-order valence-electron chi connectivity index (χ1n) is 11.4.